The van der Waals surface area contributed by atoms with Gasteiger partial charge in [0.05, 0.1) is 0 Å². The zero-order chi connectivity index (χ0) is 15.2. The van der Waals surface area contributed by atoms with Crippen molar-refractivity contribution in [3.05, 3.63) is 65.2 Å². The lowest BCUT2D eigenvalue weighted by atomic mass is 9.64. The van der Waals surface area contributed by atoms with Crippen LogP contribution in [0.2, 0.25) is 0 Å². The van der Waals surface area contributed by atoms with Crippen LogP contribution in [0, 0.1) is 11.8 Å². The molecule has 2 aliphatic rings. The van der Waals surface area contributed by atoms with Gasteiger partial charge in [-0.25, -0.2) is 0 Å². The van der Waals surface area contributed by atoms with Crippen LogP contribution in [0.1, 0.15) is 47.2 Å². The lowest BCUT2D eigenvalue weighted by Gasteiger charge is -2.39. The number of aldehydes is 1. The summed E-state index contributed by atoms with van der Waals surface area (Å²) in [5.41, 5.74) is 3.40. The Morgan fingerprint density at radius 1 is 0.955 bits per heavy atom. The molecule has 2 saturated carbocycles. The molecule has 2 fully saturated rings. The molecular weight excluding hydrogens is 272 g/mol. The van der Waals surface area contributed by atoms with Gasteiger partial charge < -0.3 is 5.11 Å². The maximum atomic E-state index is 10.9. The van der Waals surface area contributed by atoms with Gasteiger partial charge in [0.25, 0.3) is 0 Å². The van der Waals surface area contributed by atoms with E-state index in [0.717, 1.165) is 17.8 Å². The molecule has 2 nitrogen and oxygen atoms in total. The van der Waals surface area contributed by atoms with Crippen molar-refractivity contribution < 1.29 is 9.90 Å². The quantitative estimate of drug-likeness (QED) is 0.856. The Bertz CT molecular complexity index is 687. The summed E-state index contributed by atoms with van der Waals surface area (Å²) < 4.78 is 0. The Morgan fingerprint density at radius 2 is 1.59 bits per heavy atom. The minimum absolute atomic E-state index is 0.0536. The first-order valence-corrected chi connectivity index (χ1v) is 8.07. The van der Waals surface area contributed by atoms with Gasteiger partial charge in [-0.15, -0.1) is 0 Å². The average molecular weight is 292 g/mol. The second kappa shape index (κ2) is 4.98. The highest BCUT2D eigenvalue weighted by molar-refractivity contribution is 5.74. The van der Waals surface area contributed by atoms with Gasteiger partial charge >= 0.3 is 0 Å². The molecule has 3 atom stereocenters. The molecule has 0 saturated heterocycles. The van der Waals surface area contributed by atoms with E-state index in [1.165, 1.54) is 36.8 Å². The summed E-state index contributed by atoms with van der Waals surface area (Å²) in [6.45, 7) is 0. The fourth-order valence-electron chi connectivity index (χ4n) is 4.82. The van der Waals surface area contributed by atoms with Gasteiger partial charge in [-0.3, -0.25) is 4.79 Å². The van der Waals surface area contributed by atoms with Gasteiger partial charge in [-0.1, -0.05) is 42.8 Å². The van der Waals surface area contributed by atoms with E-state index in [4.69, 9.17) is 0 Å². The smallest absolute Gasteiger partial charge is 0.150 e. The summed E-state index contributed by atoms with van der Waals surface area (Å²) in [4.78, 5) is 10.9. The monoisotopic (exact) mass is 292 g/mol. The number of phenolic OH excluding ortho intramolecular Hbond substituents is 1. The van der Waals surface area contributed by atoms with E-state index in [9.17, 15) is 9.90 Å². The van der Waals surface area contributed by atoms with E-state index < -0.39 is 0 Å². The van der Waals surface area contributed by atoms with Crippen LogP contribution < -0.4 is 0 Å². The Labute approximate surface area is 130 Å². The van der Waals surface area contributed by atoms with E-state index in [-0.39, 0.29) is 5.41 Å². The molecule has 0 radical (unpaired) electrons. The summed E-state index contributed by atoms with van der Waals surface area (Å²) in [5, 5.41) is 9.62. The molecule has 0 heterocycles. The highest BCUT2D eigenvalue weighted by Crippen LogP contribution is 2.60. The van der Waals surface area contributed by atoms with Crippen LogP contribution >= 0.6 is 0 Å². The van der Waals surface area contributed by atoms with Crippen molar-refractivity contribution in [2.45, 2.75) is 31.1 Å². The first kappa shape index (κ1) is 13.6. The largest absolute Gasteiger partial charge is 0.508 e. The molecule has 22 heavy (non-hydrogen) atoms. The van der Waals surface area contributed by atoms with Crippen LogP contribution in [-0.4, -0.2) is 11.4 Å². The molecule has 0 amide bonds. The van der Waals surface area contributed by atoms with E-state index >= 15 is 0 Å². The lowest BCUT2D eigenvalue weighted by Crippen LogP contribution is -2.33. The normalized spacial score (nSPS) is 29.6. The molecule has 4 rings (SSSR count). The van der Waals surface area contributed by atoms with E-state index in [2.05, 4.69) is 24.3 Å². The molecule has 112 valence electrons. The summed E-state index contributed by atoms with van der Waals surface area (Å²) in [6.07, 6.45) is 6.01. The molecule has 1 N–H and O–H groups in total. The topological polar surface area (TPSA) is 37.3 Å². The van der Waals surface area contributed by atoms with E-state index in [1.807, 2.05) is 12.1 Å². The number of hydrogen-bond acceptors (Lipinski definition) is 2. The maximum absolute atomic E-state index is 10.9. The molecule has 0 aliphatic heterocycles. The van der Waals surface area contributed by atoms with Crippen LogP contribution in [0.3, 0.4) is 0 Å². The minimum Gasteiger partial charge on any atom is -0.508 e. The highest BCUT2D eigenvalue weighted by atomic mass is 16.3. The summed E-state index contributed by atoms with van der Waals surface area (Å²) in [7, 11) is 0. The van der Waals surface area contributed by atoms with Crippen molar-refractivity contribution >= 4 is 6.29 Å². The number of benzene rings is 2. The predicted molar refractivity (Wildman–Crippen MR) is 86.2 cm³/mol. The fourth-order valence-corrected chi connectivity index (χ4v) is 4.82. The molecule has 3 unspecified atom stereocenters. The van der Waals surface area contributed by atoms with Crippen molar-refractivity contribution in [1.29, 1.82) is 0 Å². The van der Waals surface area contributed by atoms with Crippen molar-refractivity contribution in [3.8, 4) is 5.75 Å². The van der Waals surface area contributed by atoms with Crippen molar-refractivity contribution in [2.24, 2.45) is 11.8 Å². The maximum Gasteiger partial charge on any atom is 0.150 e. The van der Waals surface area contributed by atoms with Gasteiger partial charge in [0, 0.05) is 11.0 Å². The third-order valence-corrected chi connectivity index (χ3v) is 5.79. The van der Waals surface area contributed by atoms with Crippen molar-refractivity contribution in [3.63, 3.8) is 0 Å². The zero-order valence-electron chi connectivity index (χ0n) is 12.5. The second-order valence-electron chi connectivity index (χ2n) is 6.84. The van der Waals surface area contributed by atoms with Gasteiger partial charge in [0.15, 0.2) is 0 Å². The Kier molecular flexibility index (Phi) is 3.07. The van der Waals surface area contributed by atoms with Crippen molar-refractivity contribution in [1.82, 2.24) is 0 Å². The van der Waals surface area contributed by atoms with Gasteiger partial charge in [-0.05, 0) is 54.4 Å². The van der Waals surface area contributed by atoms with Crippen LogP contribution in [0.25, 0.3) is 0 Å². The van der Waals surface area contributed by atoms with Crippen LogP contribution in [0.4, 0.5) is 0 Å². The summed E-state index contributed by atoms with van der Waals surface area (Å²) >= 11 is 0. The number of carbonyl (C=O) groups excluding carboxylic acids is 1. The molecule has 2 aromatic carbocycles. The Balaban J connectivity index is 1.85. The molecule has 2 heteroatoms. The van der Waals surface area contributed by atoms with Gasteiger partial charge in [0.1, 0.15) is 12.0 Å². The highest BCUT2D eigenvalue weighted by Gasteiger charge is 2.52. The van der Waals surface area contributed by atoms with Gasteiger partial charge in [-0.2, -0.15) is 0 Å². The SMILES string of the molecule is O=Cc1ccc(C2(c3ccc(O)cc3)CC3CCC2C3)cc1. The summed E-state index contributed by atoms with van der Waals surface area (Å²) in [6, 6.07) is 15.8. The molecular formula is C20H20O2. The number of phenols is 1. The standard InChI is InChI=1S/C20H20O2/c21-13-14-1-4-16(5-2-14)20(12-15-3-6-18(20)11-15)17-7-9-19(22)10-8-17/h1-2,4-5,7-10,13,15,18,22H,3,6,11-12H2. The third-order valence-electron chi connectivity index (χ3n) is 5.79. The second-order valence-corrected chi connectivity index (χ2v) is 6.84. The molecule has 0 spiro atoms. The summed E-state index contributed by atoms with van der Waals surface area (Å²) in [5.74, 6) is 1.80. The van der Waals surface area contributed by atoms with Crippen LogP contribution in [0.5, 0.6) is 5.75 Å². The third kappa shape index (κ3) is 1.90. The number of rotatable bonds is 3. The fraction of sp³-hybridized carbons (Fsp3) is 0.350. The first-order valence-electron chi connectivity index (χ1n) is 8.07. The van der Waals surface area contributed by atoms with Crippen LogP contribution in [0.15, 0.2) is 48.5 Å². The Morgan fingerprint density at radius 3 is 2.09 bits per heavy atom. The molecule has 2 aliphatic carbocycles. The van der Waals surface area contributed by atoms with E-state index in [0.29, 0.717) is 11.7 Å². The van der Waals surface area contributed by atoms with Crippen molar-refractivity contribution in [2.75, 3.05) is 0 Å². The number of aromatic hydroxyl groups is 1. The van der Waals surface area contributed by atoms with Crippen LogP contribution in [-0.2, 0) is 5.41 Å². The minimum atomic E-state index is 0.0536. The first-order chi connectivity index (χ1) is 10.7. The van der Waals surface area contributed by atoms with Gasteiger partial charge in [0.2, 0.25) is 0 Å². The number of hydrogen-bond donors (Lipinski definition) is 1. The predicted octanol–water partition coefficient (Wildman–Crippen LogP) is 4.31. The Hall–Kier alpha value is -2.09. The molecule has 2 aromatic rings. The average Bonchev–Trinajstić information content (AvgIpc) is 3.17. The molecule has 0 aromatic heterocycles. The number of carbonyl (C=O) groups is 1. The molecule has 2 bridgehead atoms. The zero-order valence-corrected chi connectivity index (χ0v) is 12.5. The lowest BCUT2D eigenvalue weighted by molar-refractivity contribution is 0.112. The number of fused-ring (bicyclic) bond motifs is 2. The van der Waals surface area contributed by atoms with E-state index in [1.54, 1.807) is 12.1 Å².